The number of ether oxygens (including phenoxy) is 2. The maximum absolute atomic E-state index is 13.2. The third-order valence-electron chi connectivity index (χ3n) is 8.32. The fraction of sp³-hybridized carbons (Fsp3) is 0.448. The van der Waals surface area contributed by atoms with Gasteiger partial charge in [0.1, 0.15) is 18.8 Å². The number of aryl methyl sites for hydroxylation is 1. The largest absolute Gasteiger partial charge is 0.394 e. The molecule has 46 heavy (non-hydrogen) atoms. The third kappa shape index (κ3) is 6.50. The fourth-order valence-corrected chi connectivity index (χ4v) is 7.66. The van der Waals surface area contributed by atoms with Gasteiger partial charge < -0.3 is 25.0 Å². The molecule has 2 aliphatic heterocycles. The first-order valence-corrected chi connectivity index (χ1v) is 16.5. The molecule has 0 saturated carbocycles. The normalized spacial score (nSPS) is 24.8. The molecule has 2 fully saturated rings. The zero-order valence-electron chi connectivity index (χ0n) is 24.7. The van der Waals surface area contributed by atoms with E-state index < -0.39 is 64.4 Å². The Balaban J connectivity index is 1.10. The summed E-state index contributed by atoms with van der Waals surface area (Å²) in [6.07, 6.45) is 0.215. The minimum atomic E-state index is -3.70. The van der Waals surface area contributed by atoms with Gasteiger partial charge in [-0.15, -0.1) is 0 Å². The lowest BCUT2D eigenvalue weighted by Gasteiger charge is -2.18. The van der Waals surface area contributed by atoms with Crippen LogP contribution in [0.15, 0.2) is 58.8 Å². The van der Waals surface area contributed by atoms with E-state index in [1.165, 1.54) is 30.3 Å². The number of carbonyl (C=O) groups is 1. The maximum atomic E-state index is 13.2. The molecule has 2 saturated heterocycles. The summed E-state index contributed by atoms with van der Waals surface area (Å²) in [5.74, 6) is -1.30. The van der Waals surface area contributed by atoms with Crippen molar-refractivity contribution >= 4 is 32.7 Å². The first-order chi connectivity index (χ1) is 22.0. The average Bonchev–Trinajstić information content (AvgIpc) is 3.75. The molecule has 5 heterocycles. The number of carbonyl (C=O) groups excluding carboxylic acids is 1. The highest BCUT2D eigenvalue weighted by Crippen LogP contribution is 2.37. The summed E-state index contributed by atoms with van der Waals surface area (Å²) in [5.41, 5.74) is 0.217. The Hall–Kier alpha value is -4.29. The second kappa shape index (κ2) is 12.8. The van der Waals surface area contributed by atoms with E-state index in [0.29, 0.717) is 22.3 Å². The van der Waals surface area contributed by atoms with Crippen LogP contribution in [0, 0.1) is 12.8 Å². The predicted molar refractivity (Wildman–Crippen MR) is 163 cm³/mol. The second-order valence-electron chi connectivity index (χ2n) is 11.5. The lowest BCUT2D eigenvalue weighted by Crippen LogP contribution is -2.33. The molecule has 1 aromatic carbocycles. The number of aromatic nitrogens is 6. The Bertz CT molecular complexity index is 1960. The molecule has 244 valence electrons. The number of hydrogen-bond acceptors (Lipinski definition) is 12. The highest BCUT2D eigenvalue weighted by molar-refractivity contribution is 7.91. The average molecular weight is 656 g/mol. The van der Waals surface area contributed by atoms with E-state index in [9.17, 15) is 33.0 Å². The van der Waals surface area contributed by atoms with Crippen molar-refractivity contribution in [3.8, 4) is 0 Å². The molecular formula is C29H33N7O9S. The molecule has 16 nitrogen and oxygen atoms in total. The molecule has 0 bridgehead atoms. The van der Waals surface area contributed by atoms with Gasteiger partial charge in [0.2, 0.25) is 0 Å². The maximum Gasteiger partial charge on any atom is 0.330 e. The number of amides is 1. The first-order valence-electron chi connectivity index (χ1n) is 14.7. The SMILES string of the molecule is Cc1cn([C@H]2C[C@H](O)[C@@H](CCS(=O)(=O)C[C@H]3C[C@H](n4cnc5c(NC(=O)c6ccccc6)ncnc54)O[C@@H]3CO)O2)c(=O)[nH]c1=O. The van der Waals surface area contributed by atoms with Gasteiger partial charge in [-0.05, 0) is 31.9 Å². The van der Waals surface area contributed by atoms with E-state index in [2.05, 4.69) is 25.3 Å². The van der Waals surface area contributed by atoms with E-state index in [1.54, 1.807) is 34.9 Å². The van der Waals surface area contributed by atoms with Crippen molar-refractivity contribution < 1.29 is 32.9 Å². The van der Waals surface area contributed by atoms with Crippen molar-refractivity contribution in [2.24, 2.45) is 5.92 Å². The molecule has 4 N–H and O–H groups in total. The van der Waals surface area contributed by atoms with Gasteiger partial charge in [-0.3, -0.25) is 23.7 Å². The zero-order valence-corrected chi connectivity index (χ0v) is 25.5. The molecule has 6 atom stereocenters. The van der Waals surface area contributed by atoms with Gasteiger partial charge in [0, 0.05) is 29.7 Å². The molecule has 6 rings (SSSR count). The summed E-state index contributed by atoms with van der Waals surface area (Å²) in [6.45, 7) is 1.13. The molecule has 17 heteroatoms. The van der Waals surface area contributed by atoms with Gasteiger partial charge >= 0.3 is 5.69 Å². The molecule has 0 spiro atoms. The Morgan fingerprint density at radius 2 is 1.80 bits per heavy atom. The van der Waals surface area contributed by atoms with Gasteiger partial charge in [-0.25, -0.2) is 28.2 Å². The van der Waals surface area contributed by atoms with Crippen LogP contribution >= 0.6 is 0 Å². The molecule has 0 aliphatic carbocycles. The number of rotatable bonds is 10. The number of aliphatic hydroxyl groups is 2. The minimum absolute atomic E-state index is 0.0154. The Kier molecular flexibility index (Phi) is 8.84. The number of aromatic amines is 1. The van der Waals surface area contributed by atoms with E-state index in [1.807, 2.05) is 0 Å². The van der Waals surface area contributed by atoms with E-state index in [-0.39, 0.29) is 42.5 Å². The molecule has 0 radical (unpaired) electrons. The van der Waals surface area contributed by atoms with Crippen LogP contribution in [0.2, 0.25) is 0 Å². The summed E-state index contributed by atoms with van der Waals surface area (Å²) in [7, 11) is -3.70. The van der Waals surface area contributed by atoms with Gasteiger partial charge in [-0.2, -0.15) is 0 Å². The molecule has 4 aromatic rings. The van der Waals surface area contributed by atoms with Crippen molar-refractivity contribution in [2.45, 2.75) is 57.0 Å². The van der Waals surface area contributed by atoms with E-state index >= 15 is 0 Å². The van der Waals surface area contributed by atoms with Gasteiger partial charge in [0.05, 0.1) is 42.8 Å². The highest BCUT2D eigenvalue weighted by atomic mass is 32.2. The zero-order chi connectivity index (χ0) is 32.6. The number of nitrogens with one attached hydrogen (secondary N) is 2. The summed E-state index contributed by atoms with van der Waals surface area (Å²) in [5, 5.41) is 23.3. The van der Waals surface area contributed by atoms with Crippen LogP contribution in [0.5, 0.6) is 0 Å². The number of imidazole rings is 1. The van der Waals surface area contributed by atoms with Crippen molar-refractivity contribution in [3.05, 3.63) is 81.1 Å². The van der Waals surface area contributed by atoms with E-state index in [0.717, 1.165) is 0 Å². The van der Waals surface area contributed by atoms with Crippen LogP contribution in [0.25, 0.3) is 11.2 Å². The fourth-order valence-electron chi connectivity index (χ4n) is 5.90. The number of H-pyrrole nitrogens is 1. The number of aliphatic hydroxyl groups excluding tert-OH is 2. The number of anilines is 1. The summed E-state index contributed by atoms with van der Waals surface area (Å²) in [4.78, 5) is 51.7. The Labute approximate surface area is 262 Å². The van der Waals surface area contributed by atoms with E-state index in [4.69, 9.17) is 9.47 Å². The number of benzene rings is 1. The summed E-state index contributed by atoms with van der Waals surface area (Å²) >= 11 is 0. The third-order valence-corrected chi connectivity index (χ3v) is 10.1. The lowest BCUT2D eigenvalue weighted by atomic mass is 10.0. The summed E-state index contributed by atoms with van der Waals surface area (Å²) < 4.78 is 41.1. The number of nitrogens with zero attached hydrogens (tertiary/aromatic N) is 5. The number of fused-ring (bicyclic) bond motifs is 1. The van der Waals surface area contributed by atoms with Crippen molar-refractivity contribution in [1.82, 2.24) is 29.1 Å². The topological polar surface area (TPSA) is 221 Å². The molecule has 1 amide bonds. The Morgan fingerprint density at radius 1 is 1.07 bits per heavy atom. The van der Waals surface area contributed by atoms with Crippen LogP contribution in [0.4, 0.5) is 5.82 Å². The van der Waals surface area contributed by atoms with Crippen LogP contribution in [0.1, 0.15) is 47.6 Å². The van der Waals surface area contributed by atoms with Gasteiger partial charge in [0.15, 0.2) is 26.8 Å². The highest BCUT2D eigenvalue weighted by Gasteiger charge is 2.40. The van der Waals surface area contributed by atoms with Crippen molar-refractivity contribution in [1.29, 1.82) is 0 Å². The predicted octanol–water partition coefficient (Wildman–Crippen LogP) is 0.287. The van der Waals surface area contributed by atoms with Crippen molar-refractivity contribution in [3.63, 3.8) is 0 Å². The standard InChI is InChI=1S/C29H33N7O9S/c1-16-11-35(29(41)34-27(16)39)23-10-19(38)20(44-23)7-8-46(42,43)13-18-9-22(45-21(18)12-37)36-15-32-24-25(30-14-31-26(24)36)33-28(40)17-5-3-2-4-6-17/h2-6,11,14-15,18-23,37-38H,7-10,12-13H2,1H3,(H,34,39,41)(H,30,31,33,40)/t18-,19+,20-,21-,22-,23-/m1/s1. The van der Waals surface area contributed by atoms with Crippen LogP contribution in [-0.2, 0) is 19.3 Å². The monoisotopic (exact) mass is 655 g/mol. The number of hydrogen-bond donors (Lipinski definition) is 4. The molecule has 2 aliphatic rings. The minimum Gasteiger partial charge on any atom is -0.394 e. The van der Waals surface area contributed by atoms with Gasteiger partial charge in [0.25, 0.3) is 11.5 Å². The molecular weight excluding hydrogens is 622 g/mol. The van der Waals surface area contributed by atoms with Crippen LogP contribution in [-0.4, -0.2) is 90.0 Å². The molecule has 0 unspecified atom stereocenters. The smallest absolute Gasteiger partial charge is 0.330 e. The van der Waals surface area contributed by atoms with Crippen molar-refractivity contribution in [2.75, 3.05) is 23.4 Å². The molecule has 3 aromatic heterocycles. The first kappa shape index (κ1) is 31.7. The van der Waals surface area contributed by atoms with Gasteiger partial charge in [-0.1, -0.05) is 18.2 Å². The lowest BCUT2D eigenvalue weighted by molar-refractivity contribution is -0.0275. The van der Waals surface area contributed by atoms with Crippen LogP contribution in [0.3, 0.4) is 0 Å². The second-order valence-corrected chi connectivity index (χ2v) is 13.7. The van der Waals surface area contributed by atoms with Crippen LogP contribution < -0.4 is 16.6 Å². The quantitative estimate of drug-likeness (QED) is 0.181. The summed E-state index contributed by atoms with van der Waals surface area (Å²) in [6, 6.07) is 8.62. The Morgan fingerprint density at radius 3 is 2.57 bits per heavy atom. The number of sulfone groups is 1.